The number of nitro benzene ring substituents is 1. The molecule has 0 bridgehead atoms. The number of phenols is 1. The number of rotatable bonds is 4. The van der Waals surface area contributed by atoms with Gasteiger partial charge in [-0.05, 0) is 42.0 Å². The van der Waals surface area contributed by atoms with Crippen LogP contribution < -0.4 is 0 Å². The van der Waals surface area contributed by atoms with Crippen molar-refractivity contribution in [2.75, 3.05) is 0 Å². The largest absolute Gasteiger partial charge is 0.508 e. The van der Waals surface area contributed by atoms with Crippen LogP contribution in [0.1, 0.15) is 15.9 Å². The molecule has 0 heterocycles. The minimum absolute atomic E-state index is 0.0152. The molecule has 0 aliphatic heterocycles. The number of ether oxygens (including phenoxy) is 1. The molecule has 2 aromatic carbocycles. The van der Waals surface area contributed by atoms with E-state index in [1.54, 1.807) is 0 Å². The van der Waals surface area contributed by atoms with Crippen LogP contribution in [-0.4, -0.2) is 16.0 Å². The summed E-state index contributed by atoms with van der Waals surface area (Å²) in [6.07, 6.45) is 0. The summed E-state index contributed by atoms with van der Waals surface area (Å²) >= 11 is 0. The van der Waals surface area contributed by atoms with Crippen molar-refractivity contribution in [1.82, 2.24) is 0 Å². The third-order valence-electron chi connectivity index (χ3n) is 2.62. The molecule has 0 radical (unpaired) electrons. The molecule has 2 rings (SSSR count). The minimum Gasteiger partial charge on any atom is -0.508 e. The molecule has 0 spiro atoms. The van der Waals surface area contributed by atoms with Crippen molar-refractivity contribution in [3.63, 3.8) is 0 Å². The Labute approximate surface area is 114 Å². The highest BCUT2D eigenvalue weighted by Crippen LogP contribution is 2.14. The van der Waals surface area contributed by atoms with Gasteiger partial charge in [-0.2, -0.15) is 0 Å². The van der Waals surface area contributed by atoms with Gasteiger partial charge in [0.05, 0.1) is 10.5 Å². The van der Waals surface area contributed by atoms with E-state index in [0.717, 1.165) is 0 Å². The fraction of sp³-hybridized carbons (Fsp3) is 0.0714. The molecule has 2 aromatic rings. The van der Waals surface area contributed by atoms with Crippen molar-refractivity contribution < 1.29 is 19.6 Å². The predicted octanol–water partition coefficient (Wildman–Crippen LogP) is 2.66. The van der Waals surface area contributed by atoms with E-state index in [4.69, 9.17) is 9.84 Å². The van der Waals surface area contributed by atoms with Crippen LogP contribution in [0.2, 0.25) is 0 Å². The van der Waals surface area contributed by atoms with E-state index < -0.39 is 10.9 Å². The van der Waals surface area contributed by atoms with Crippen LogP contribution in [0.3, 0.4) is 0 Å². The second kappa shape index (κ2) is 5.83. The second-order valence-corrected chi connectivity index (χ2v) is 4.05. The molecule has 0 atom stereocenters. The Morgan fingerprint density at radius 1 is 1.10 bits per heavy atom. The van der Waals surface area contributed by atoms with Gasteiger partial charge in [0.25, 0.3) is 5.69 Å². The number of esters is 1. The molecule has 0 aromatic heterocycles. The first-order valence-corrected chi connectivity index (χ1v) is 5.76. The van der Waals surface area contributed by atoms with Crippen LogP contribution in [0.25, 0.3) is 0 Å². The number of hydrogen-bond acceptors (Lipinski definition) is 5. The van der Waals surface area contributed by atoms with E-state index in [2.05, 4.69) is 0 Å². The standard InChI is InChI=1S/C14H11NO5/c16-13-7-3-11(4-8-13)14(17)20-9-10-1-5-12(6-2-10)15(18)19/h1-8,16H,9H2. The number of benzene rings is 2. The van der Waals surface area contributed by atoms with Crippen LogP contribution in [0.15, 0.2) is 48.5 Å². The summed E-state index contributed by atoms with van der Waals surface area (Å²) in [7, 11) is 0. The Morgan fingerprint density at radius 2 is 1.70 bits per heavy atom. The van der Waals surface area contributed by atoms with Crippen molar-refractivity contribution in [2.45, 2.75) is 6.61 Å². The maximum atomic E-state index is 11.7. The van der Waals surface area contributed by atoms with E-state index in [-0.39, 0.29) is 18.0 Å². The molecule has 20 heavy (non-hydrogen) atoms. The Bertz CT molecular complexity index is 619. The quantitative estimate of drug-likeness (QED) is 0.525. The Morgan fingerprint density at radius 3 is 2.25 bits per heavy atom. The molecule has 0 aliphatic rings. The molecule has 0 aliphatic carbocycles. The van der Waals surface area contributed by atoms with Gasteiger partial charge in [0.15, 0.2) is 0 Å². The van der Waals surface area contributed by atoms with Gasteiger partial charge < -0.3 is 9.84 Å². The highest BCUT2D eigenvalue weighted by molar-refractivity contribution is 5.89. The zero-order chi connectivity index (χ0) is 14.5. The molecule has 0 saturated heterocycles. The molecule has 1 N–H and O–H groups in total. The molecule has 0 fully saturated rings. The maximum absolute atomic E-state index is 11.7. The van der Waals surface area contributed by atoms with E-state index in [0.29, 0.717) is 11.1 Å². The van der Waals surface area contributed by atoms with Crippen molar-refractivity contribution in [2.24, 2.45) is 0 Å². The van der Waals surface area contributed by atoms with Gasteiger partial charge in [0.2, 0.25) is 0 Å². The van der Waals surface area contributed by atoms with Gasteiger partial charge in [0.1, 0.15) is 12.4 Å². The summed E-state index contributed by atoms with van der Waals surface area (Å²) in [6, 6.07) is 11.4. The fourth-order valence-electron chi connectivity index (χ4n) is 1.54. The van der Waals surface area contributed by atoms with Gasteiger partial charge in [-0.15, -0.1) is 0 Å². The number of hydrogen-bond donors (Lipinski definition) is 1. The summed E-state index contributed by atoms with van der Waals surface area (Å²) in [5.41, 5.74) is 0.964. The van der Waals surface area contributed by atoms with Crippen molar-refractivity contribution in [3.8, 4) is 5.75 Å². The lowest BCUT2D eigenvalue weighted by atomic mass is 10.2. The smallest absolute Gasteiger partial charge is 0.338 e. The SMILES string of the molecule is O=C(OCc1ccc([N+](=O)[O-])cc1)c1ccc(O)cc1. The normalized spacial score (nSPS) is 10.0. The monoisotopic (exact) mass is 273 g/mol. The topological polar surface area (TPSA) is 89.7 Å². The van der Waals surface area contributed by atoms with Crippen LogP contribution in [0.4, 0.5) is 5.69 Å². The summed E-state index contributed by atoms with van der Waals surface area (Å²) in [4.78, 5) is 21.7. The molecule has 0 saturated carbocycles. The van der Waals surface area contributed by atoms with Crippen molar-refractivity contribution >= 4 is 11.7 Å². The van der Waals surface area contributed by atoms with E-state index in [9.17, 15) is 14.9 Å². The number of aromatic hydroxyl groups is 1. The molecular formula is C14H11NO5. The summed E-state index contributed by atoms with van der Waals surface area (Å²) in [5, 5.41) is 19.6. The molecule has 0 unspecified atom stereocenters. The number of non-ortho nitro benzene ring substituents is 1. The van der Waals surface area contributed by atoms with Crippen LogP contribution in [0, 0.1) is 10.1 Å². The van der Waals surface area contributed by atoms with Gasteiger partial charge in [-0.1, -0.05) is 0 Å². The van der Waals surface area contributed by atoms with Gasteiger partial charge in [-0.25, -0.2) is 4.79 Å². The maximum Gasteiger partial charge on any atom is 0.338 e. The first-order chi connectivity index (χ1) is 9.56. The third kappa shape index (κ3) is 3.32. The fourth-order valence-corrected chi connectivity index (χ4v) is 1.54. The highest BCUT2D eigenvalue weighted by Gasteiger charge is 2.08. The van der Waals surface area contributed by atoms with Crippen LogP contribution >= 0.6 is 0 Å². The van der Waals surface area contributed by atoms with E-state index >= 15 is 0 Å². The minimum atomic E-state index is -0.525. The number of carbonyl (C=O) groups is 1. The van der Waals surface area contributed by atoms with Crippen LogP contribution in [0.5, 0.6) is 5.75 Å². The molecule has 6 heteroatoms. The third-order valence-corrected chi connectivity index (χ3v) is 2.62. The van der Waals surface area contributed by atoms with Gasteiger partial charge in [0, 0.05) is 12.1 Å². The predicted molar refractivity (Wildman–Crippen MR) is 70.3 cm³/mol. The Hall–Kier alpha value is -2.89. The number of carbonyl (C=O) groups excluding carboxylic acids is 1. The average Bonchev–Trinajstić information content (AvgIpc) is 2.46. The Kier molecular flexibility index (Phi) is 3.95. The molecule has 6 nitrogen and oxygen atoms in total. The summed E-state index contributed by atoms with van der Waals surface area (Å²) in [5.74, 6) is -0.458. The van der Waals surface area contributed by atoms with Gasteiger partial charge in [-0.3, -0.25) is 10.1 Å². The molecular weight excluding hydrogens is 262 g/mol. The molecule has 0 amide bonds. The summed E-state index contributed by atoms with van der Waals surface area (Å²) < 4.78 is 5.06. The first-order valence-electron chi connectivity index (χ1n) is 5.76. The highest BCUT2D eigenvalue weighted by atomic mass is 16.6. The Balaban J connectivity index is 1.96. The number of nitro groups is 1. The second-order valence-electron chi connectivity index (χ2n) is 4.05. The molecule has 102 valence electrons. The summed E-state index contributed by atoms with van der Waals surface area (Å²) in [6.45, 7) is 0.0255. The van der Waals surface area contributed by atoms with E-state index in [1.165, 1.54) is 48.5 Å². The number of phenolic OH excluding ortho intramolecular Hbond substituents is 1. The zero-order valence-corrected chi connectivity index (χ0v) is 10.4. The average molecular weight is 273 g/mol. The van der Waals surface area contributed by atoms with Crippen molar-refractivity contribution in [1.29, 1.82) is 0 Å². The first kappa shape index (κ1) is 13.5. The van der Waals surface area contributed by atoms with Crippen LogP contribution in [-0.2, 0) is 11.3 Å². The lowest BCUT2D eigenvalue weighted by molar-refractivity contribution is -0.384. The number of nitrogens with zero attached hydrogens (tertiary/aromatic N) is 1. The van der Waals surface area contributed by atoms with Crippen molar-refractivity contribution in [3.05, 3.63) is 69.8 Å². The lowest BCUT2D eigenvalue weighted by Gasteiger charge is -2.05. The van der Waals surface area contributed by atoms with E-state index in [1.807, 2.05) is 0 Å². The zero-order valence-electron chi connectivity index (χ0n) is 10.4. The van der Waals surface area contributed by atoms with Gasteiger partial charge >= 0.3 is 5.97 Å². The lowest BCUT2D eigenvalue weighted by Crippen LogP contribution is -2.04.